The van der Waals surface area contributed by atoms with Gasteiger partial charge in [0, 0.05) is 11.9 Å². The lowest BCUT2D eigenvalue weighted by molar-refractivity contribution is 0.102. The molecule has 0 saturated carbocycles. The van der Waals surface area contributed by atoms with Crippen LogP contribution in [0, 0.1) is 17.7 Å². The van der Waals surface area contributed by atoms with Gasteiger partial charge in [-0.3, -0.25) is 9.59 Å². The van der Waals surface area contributed by atoms with E-state index in [-0.39, 0.29) is 17.7 Å². The number of anilines is 1. The van der Waals surface area contributed by atoms with E-state index in [0.717, 1.165) is 0 Å². The standard InChI is InChI=1S/C15H12FN3O2/c16-13-6-5-11(9-10(13)3-1-7-17)19-15(21)12-4-2-8-18-14(12)20/h2,4-6,8-9H,7,17H2,(H,18,20)(H,19,21). The molecule has 1 heterocycles. The summed E-state index contributed by atoms with van der Waals surface area (Å²) in [6.07, 6.45) is 1.43. The molecule has 1 amide bonds. The first-order valence-corrected chi connectivity index (χ1v) is 6.09. The lowest BCUT2D eigenvalue weighted by atomic mass is 10.1. The molecule has 0 fully saturated rings. The van der Waals surface area contributed by atoms with Crippen molar-refractivity contribution in [2.24, 2.45) is 5.73 Å². The fourth-order valence-corrected chi connectivity index (χ4v) is 1.64. The van der Waals surface area contributed by atoms with Gasteiger partial charge in [-0.15, -0.1) is 0 Å². The average Bonchev–Trinajstić information content (AvgIpc) is 2.48. The van der Waals surface area contributed by atoms with Crippen LogP contribution in [0.3, 0.4) is 0 Å². The Kier molecular flexibility index (Phi) is 4.49. The maximum Gasteiger partial charge on any atom is 0.261 e. The van der Waals surface area contributed by atoms with Gasteiger partial charge in [-0.25, -0.2) is 4.39 Å². The van der Waals surface area contributed by atoms with Gasteiger partial charge in [0.2, 0.25) is 0 Å². The van der Waals surface area contributed by atoms with Gasteiger partial charge >= 0.3 is 0 Å². The molecule has 0 atom stereocenters. The minimum absolute atomic E-state index is 0.0311. The van der Waals surface area contributed by atoms with E-state index in [1.54, 1.807) is 6.07 Å². The number of hydrogen-bond donors (Lipinski definition) is 3. The number of aromatic nitrogens is 1. The maximum atomic E-state index is 13.5. The van der Waals surface area contributed by atoms with E-state index in [4.69, 9.17) is 5.73 Å². The largest absolute Gasteiger partial charge is 0.328 e. The minimum Gasteiger partial charge on any atom is -0.328 e. The summed E-state index contributed by atoms with van der Waals surface area (Å²) in [6.45, 7) is 0.107. The summed E-state index contributed by atoms with van der Waals surface area (Å²) in [4.78, 5) is 25.9. The molecule has 1 aromatic carbocycles. The van der Waals surface area contributed by atoms with Crippen molar-refractivity contribution >= 4 is 11.6 Å². The number of aromatic amines is 1. The Morgan fingerprint density at radius 3 is 2.90 bits per heavy atom. The van der Waals surface area contributed by atoms with Crippen molar-refractivity contribution in [3.8, 4) is 11.8 Å². The third-order valence-corrected chi connectivity index (χ3v) is 2.61. The zero-order chi connectivity index (χ0) is 15.2. The van der Waals surface area contributed by atoms with Crippen molar-refractivity contribution in [2.45, 2.75) is 0 Å². The van der Waals surface area contributed by atoms with Gasteiger partial charge in [0.25, 0.3) is 11.5 Å². The molecule has 0 bridgehead atoms. The number of rotatable bonds is 2. The third kappa shape index (κ3) is 3.55. The molecule has 2 rings (SSSR count). The molecule has 5 nitrogen and oxygen atoms in total. The summed E-state index contributed by atoms with van der Waals surface area (Å²) in [7, 11) is 0. The van der Waals surface area contributed by atoms with Crippen molar-refractivity contribution in [3.63, 3.8) is 0 Å². The molecule has 106 valence electrons. The molecular formula is C15H12FN3O2. The van der Waals surface area contributed by atoms with Crippen LogP contribution in [0.4, 0.5) is 10.1 Å². The summed E-state index contributed by atoms with van der Waals surface area (Å²) in [5.41, 5.74) is 5.17. The Morgan fingerprint density at radius 1 is 1.38 bits per heavy atom. The predicted molar refractivity (Wildman–Crippen MR) is 77.3 cm³/mol. The lowest BCUT2D eigenvalue weighted by Crippen LogP contribution is -2.22. The number of benzene rings is 1. The zero-order valence-electron chi connectivity index (χ0n) is 10.9. The summed E-state index contributed by atoms with van der Waals surface area (Å²) in [6, 6.07) is 6.89. The van der Waals surface area contributed by atoms with Gasteiger partial charge < -0.3 is 16.0 Å². The Labute approximate surface area is 120 Å². The first-order valence-electron chi connectivity index (χ1n) is 6.09. The van der Waals surface area contributed by atoms with E-state index in [2.05, 4.69) is 22.1 Å². The molecule has 0 saturated heterocycles. The van der Waals surface area contributed by atoms with Gasteiger partial charge in [-0.05, 0) is 30.3 Å². The average molecular weight is 285 g/mol. The second-order valence-electron chi connectivity index (χ2n) is 4.07. The van der Waals surface area contributed by atoms with Crippen molar-refractivity contribution < 1.29 is 9.18 Å². The monoisotopic (exact) mass is 285 g/mol. The topological polar surface area (TPSA) is 88.0 Å². The molecule has 1 aromatic heterocycles. The van der Waals surface area contributed by atoms with Crippen LogP contribution in [0.25, 0.3) is 0 Å². The molecule has 6 heteroatoms. The number of nitrogens with one attached hydrogen (secondary N) is 2. The van der Waals surface area contributed by atoms with E-state index >= 15 is 0 Å². The van der Waals surface area contributed by atoms with Crippen LogP contribution in [0.1, 0.15) is 15.9 Å². The van der Waals surface area contributed by atoms with E-state index in [9.17, 15) is 14.0 Å². The Hall–Kier alpha value is -2.91. The fourth-order valence-electron chi connectivity index (χ4n) is 1.64. The van der Waals surface area contributed by atoms with Crippen LogP contribution in [-0.2, 0) is 0 Å². The summed E-state index contributed by atoms with van der Waals surface area (Å²) < 4.78 is 13.5. The SMILES string of the molecule is NCC#Cc1cc(NC(=O)c2ccc[nH]c2=O)ccc1F. The molecule has 0 aliphatic carbocycles. The van der Waals surface area contributed by atoms with Crippen molar-refractivity contribution in [3.05, 3.63) is 63.8 Å². The molecule has 0 radical (unpaired) electrons. The quantitative estimate of drug-likeness (QED) is 0.721. The highest BCUT2D eigenvalue weighted by Gasteiger charge is 2.10. The van der Waals surface area contributed by atoms with Gasteiger partial charge in [-0.1, -0.05) is 11.8 Å². The first kappa shape index (κ1) is 14.5. The number of halogens is 1. The van der Waals surface area contributed by atoms with Crippen LogP contribution in [0.5, 0.6) is 0 Å². The molecule has 2 aromatic rings. The highest BCUT2D eigenvalue weighted by atomic mass is 19.1. The van der Waals surface area contributed by atoms with Crippen molar-refractivity contribution in [1.82, 2.24) is 4.98 Å². The lowest BCUT2D eigenvalue weighted by Gasteiger charge is -2.05. The first-order chi connectivity index (χ1) is 10.1. The minimum atomic E-state index is -0.582. The third-order valence-electron chi connectivity index (χ3n) is 2.61. The van der Waals surface area contributed by atoms with Crippen LogP contribution in [0.15, 0.2) is 41.3 Å². The van der Waals surface area contributed by atoms with E-state index in [0.29, 0.717) is 5.69 Å². The normalized spacial score (nSPS) is 9.62. The second kappa shape index (κ2) is 6.50. The van der Waals surface area contributed by atoms with Crippen LogP contribution < -0.4 is 16.6 Å². The Balaban J connectivity index is 2.26. The van der Waals surface area contributed by atoms with Crippen LogP contribution >= 0.6 is 0 Å². The Morgan fingerprint density at radius 2 is 2.19 bits per heavy atom. The fraction of sp³-hybridized carbons (Fsp3) is 0.0667. The summed E-state index contributed by atoms with van der Waals surface area (Å²) in [5, 5.41) is 2.52. The highest BCUT2D eigenvalue weighted by molar-refractivity contribution is 6.04. The number of carbonyl (C=O) groups is 1. The number of nitrogens with two attached hydrogens (primary N) is 1. The molecule has 0 aliphatic heterocycles. The van der Waals surface area contributed by atoms with Gasteiger partial charge in [0.15, 0.2) is 0 Å². The number of H-pyrrole nitrogens is 1. The van der Waals surface area contributed by atoms with Gasteiger partial charge in [0.1, 0.15) is 11.4 Å². The number of hydrogen-bond acceptors (Lipinski definition) is 3. The van der Waals surface area contributed by atoms with Gasteiger partial charge in [-0.2, -0.15) is 0 Å². The summed E-state index contributed by atoms with van der Waals surface area (Å²) >= 11 is 0. The van der Waals surface area contributed by atoms with Crippen LogP contribution in [-0.4, -0.2) is 17.4 Å². The number of carbonyl (C=O) groups excluding carboxylic acids is 1. The van der Waals surface area contributed by atoms with Crippen molar-refractivity contribution in [1.29, 1.82) is 0 Å². The van der Waals surface area contributed by atoms with Crippen molar-refractivity contribution in [2.75, 3.05) is 11.9 Å². The Bertz CT molecular complexity index is 787. The van der Waals surface area contributed by atoms with Crippen LogP contribution in [0.2, 0.25) is 0 Å². The van der Waals surface area contributed by atoms with E-state index in [1.807, 2.05) is 0 Å². The van der Waals surface area contributed by atoms with Gasteiger partial charge in [0.05, 0.1) is 12.1 Å². The molecule has 4 N–H and O–H groups in total. The molecule has 0 spiro atoms. The zero-order valence-corrected chi connectivity index (χ0v) is 10.9. The molecule has 0 aliphatic rings. The molecular weight excluding hydrogens is 273 g/mol. The highest BCUT2D eigenvalue weighted by Crippen LogP contribution is 2.14. The molecule has 21 heavy (non-hydrogen) atoms. The number of amides is 1. The summed E-state index contributed by atoms with van der Waals surface area (Å²) in [5.74, 6) is 4.01. The molecule has 0 unspecified atom stereocenters. The second-order valence-corrected chi connectivity index (χ2v) is 4.07. The smallest absolute Gasteiger partial charge is 0.261 e. The maximum absolute atomic E-state index is 13.5. The van der Waals surface area contributed by atoms with E-state index < -0.39 is 17.3 Å². The number of pyridine rings is 1. The predicted octanol–water partition coefficient (Wildman–Crippen LogP) is 1.08. The van der Waals surface area contributed by atoms with E-state index in [1.165, 1.54) is 30.5 Å².